The molecule has 0 aliphatic heterocycles. The Kier molecular flexibility index (Phi) is 4.11. The summed E-state index contributed by atoms with van der Waals surface area (Å²) in [7, 11) is 0. The minimum Gasteiger partial charge on any atom is -0.330 e. The Morgan fingerprint density at radius 1 is 1.35 bits per heavy atom. The van der Waals surface area contributed by atoms with Gasteiger partial charge < -0.3 is 5.73 Å². The van der Waals surface area contributed by atoms with Crippen molar-refractivity contribution in [3.8, 4) is 5.69 Å². The Morgan fingerprint density at radius 2 is 2.12 bits per heavy atom. The molecule has 0 saturated heterocycles. The first-order valence-electron chi connectivity index (χ1n) is 5.52. The molecule has 0 radical (unpaired) electrons. The van der Waals surface area contributed by atoms with Crippen LogP contribution in [0.3, 0.4) is 0 Å². The maximum absolute atomic E-state index is 5.54. The van der Waals surface area contributed by atoms with Crippen LogP contribution in [0.2, 0.25) is 0 Å². The average molecular weight is 249 g/mol. The van der Waals surface area contributed by atoms with Crippen LogP contribution in [0.1, 0.15) is 13.3 Å². The van der Waals surface area contributed by atoms with E-state index in [9.17, 15) is 0 Å². The van der Waals surface area contributed by atoms with Crippen molar-refractivity contribution in [2.75, 3.05) is 6.54 Å². The maximum Gasteiger partial charge on any atom is 0.214 e. The molecule has 2 aromatic rings. The lowest BCUT2D eigenvalue weighted by Crippen LogP contribution is -2.08. The Hall–Kier alpha value is -1.40. The first-order chi connectivity index (χ1) is 8.31. The second-order valence-electron chi connectivity index (χ2n) is 3.71. The normalized spacial score (nSPS) is 12.6. The zero-order chi connectivity index (χ0) is 12.1. The van der Waals surface area contributed by atoms with Crippen molar-refractivity contribution in [3.05, 3.63) is 30.3 Å². The van der Waals surface area contributed by atoms with E-state index in [1.54, 1.807) is 16.4 Å². The second kappa shape index (κ2) is 5.79. The summed E-state index contributed by atoms with van der Waals surface area (Å²) in [4.78, 5) is 0. The predicted octanol–water partition coefficient (Wildman–Crippen LogP) is 1.49. The molecular weight excluding hydrogens is 234 g/mol. The number of para-hydroxylation sites is 1. The zero-order valence-electron chi connectivity index (χ0n) is 9.65. The Labute approximate surface area is 104 Å². The Morgan fingerprint density at radius 3 is 2.82 bits per heavy atom. The van der Waals surface area contributed by atoms with E-state index in [4.69, 9.17) is 5.73 Å². The van der Waals surface area contributed by atoms with Crippen molar-refractivity contribution >= 4 is 11.8 Å². The molecule has 1 aromatic carbocycles. The highest BCUT2D eigenvalue weighted by Crippen LogP contribution is 2.23. The summed E-state index contributed by atoms with van der Waals surface area (Å²) >= 11 is 1.64. The van der Waals surface area contributed by atoms with E-state index in [1.807, 2.05) is 30.3 Å². The minimum absolute atomic E-state index is 0.411. The molecule has 2 rings (SSSR count). The molecule has 17 heavy (non-hydrogen) atoms. The third-order valence-electron chi connectivity index (χ3n) is 2.32. The van der Waals surface area contributed by atoms with Crippen LogP contribution < -0.4 is 5.73 Å². The molecule has 1 atom stereocenters. The van der Waals surface area contributed by atoms with E-state index in [-0.39, 0.29) is 0 Å². The SMILES string of the molecule is CC(CCN)Sc1nnnn1-c1ccccc1. The van der Waals surface area contributed by atoms with Gasteiger partial charge in [0.25, 0.3) is 0 Å². The molecule has 0 bridgehead atoms. The van der Waals surface area contributed by atoms with Crippen LogP contribution in [0.15, 0.2) is 35.5 Å². The molecule has 6 heteroatoms. The smallest absolute Gasteiger partial charge is 0.214 e. The van der Waals surface area contributed by atoms with Crippen molar-refractivity contribution in [1.29, 1.82) is 0 Å². The summed E-state index contributed by atoms with van der Waals surface area (Å²) in [6.07, 6.45) is 0.951. The first kappa shape index (κ1) is 12.1. The van der Waals surface area contributed by atoms with Crippen molar-refractivity contribution in [2.24, 2.45) is 5.73 Å². The van der Waals surface area contributed by atoms with Gasteiger partial charge in [-0.15, -0.1) is 5.10 Å². The summed E-state index contributed by atoms with van der Waals surface area (Å²) in [6.45, 7) is 2.81. The van der Waals surface area contributed by atoms with Gasteiger partial charge in [-0.25, -0.2) is 0 Å². The summed E-state index contributed by atoms with van der Waals surface area (Å²) in [6, 6.07) is 9.86. The maximum atomic E-state index is 5.54. The molecular formula is C11H15N5S. The van der Waals surface area contributed by atoms with Gasteiger partial charge in [0, 0.05) is 5.25 Å². The molecule has 0 aliphatic carbocycles. The molecule has 0 saturated carbocycles. The number of aromatic nitrogens is 4. The number of benzene rings is 1. The Balaban J connectivity index is 2.18. The summed E-state index contributed by atoms with van der Waals surface area (Å²) in [5, 5.41) is 13.0. The van der Waals surface area contributed by atoms with Gasteiger partial charge >= 0.3 is 0 Å². The minimum atomic E-state index is 0.411. The molecule has 1 heterocycles. The molecule has 2 N–H and O–H groups in total. The molecule has 0 amide bonds. The van der Waals surface area contributed by atoms with Gasteiger partial charge in [0.05, 0.1) is 5.69 Å². The van der Waals surface area contributed by atoms with Crippen LogP contribution >= 0.6 is 11.8 Å². The van der Waals surface area contributed by atoms with Crippen LogP contribution in [0, 0.1) is 0 Å². The van der Waals surface area contributed by atoms with E-state index in [0.717, 1.165) is 17.3 Å². The second-order valence-corrected chi connectivity index (χ2v) is 5.12. The van der Waals surface area contributed by atoms with Gasteiger partial charge in [-0.05, 0) is 35.5 Å². The number of thioether (sulfide) groups is 1. The lowest BCUT2D eigenvalue weighted by atomic mass is 10.3. The lowest BCUT2D eigenvalue weighted by molar-refractivity contribution is 0.750. The first-order valence-corrected chi connectivity index (χ1v) is 6.39. The number of rotatable bonds is 5. The summed E-state index contributed by atoms with van der Waals surface area (Å²) in [5.74, 6) is 0. The molecule has 1 aromatic heterocycles. The number of nitrogens with two attached hydrogens (primary N) is 1. The number of hydrogen-bond donors (Lipinski definition) is 1. The van der Waals surface area contributed by atoms with E-state index >= 15 is 0 Å². The topological polar surface area (TPSA) is 69.6 Å². The molecule has 5 nitrogen and oxygen atoms in total. The highest BCUT2D eigenvalue weighted by molar-refractivity contribution is 7.99. The highest BCUT2D eigenvalue weighted by atomic mass is 32.2. The fraction of sp³-hybridized carbons (Fsp3) is 0.364. The standard InChI is InChI=1S/C11H15N5S/c1-9(7-8-12)17-11-13-14-15-16(11)10-5-3-2-4-6-10/h2-6,9H,7-8,12H2,1H3. The summed E-state index contributed by atoms with van der Waals surface area (Å²) < 4.78 is 1.75. The van der Waals surface area contributed by atoms with Gasteiger partial charge in [-0.3, -0.25) is 0 Å². The molecule has 1 unspecified atom stereocenters. The van der Waals surface area contributed by atoms with Crippen molar-refractivity contribution < 1.29 is 0 Å². The lowest BCUT2D eigenvalue weighted by Gasteiger charge is -2.08. The third-order valence-corrected chi connectivity index (χ3v) is 3.42. The number of hydrogen-bond acceptors (Lipinski definition) is 5. The molecule has 0 aliphatic rings. The van der Waals surface area contributed by atoms with Gasteiger partial charge in [0.1, 0.15) is 0 Å². The van der Waals surface area contributed by atoms with Gasteiger partial charge in [-0.2, -0.15) is 4.68 Å². The molecule has 0 spiro atoms. The third kappa shape index (κ3) is 3.04. The number of nitrogens with zero attached hydrogens (tertiary/aromatic N) is 4. The molecule has 90 valence electrons. The van der Waals surface area contributed by atoms with E-state index in [2.05, 4.69) is 22.4 Å². The van der Waals surface area contributed by atoms with Gasteiger partial charge in [0.15, 0.2) is 0 Å². The fourth-order valence-corrected chi connectivity index (χ4v) is 2.40. The monoisotopic (exact) mass is 249 g/mol. The number of tetrazole rings is 1. The van der Waals surface area contributed by atoms with Crippen molar-refractivity contribution in [3.63, 3.8) is 0 Å². The van der Waals surface area contributed by atoms with Crippen LogP contribution in [0.5, 0.6) is 0 Å². The van der Waals surface area contributed by atoms with E-state index in [1.165, 1.54) is 0 Å². The van der Waals surface area contributed by atoms with E-state index in [0.29, 0.717) is 11.8 Å². The molecule has 0 fully saturated rings. The highest BCUT2D eigenvalue weighted by Gasteiger charge is 2.12. The van der Waals surface area contributed by atoms with E-state index < -0.39 is 0 Å². The van der Waals surface area contributed by atoms with Gasteiger partial charge in [-0.1, -0.05) is 36.9 Å². The van der Waals surface area contributed by atoms with Crippen molar-refractivity contribution in [1.82, 2.24) is 20.2 Å². The Bertz CT molecular complexity index is 456. The largest absolute Gasteiger partial charge is 0.330 e. The van der Waals surface area contributed by atoms with Gasteiger partial charge in [0.2, 0.25) is 5.16 Å². The van der Waals surface area contributed by atoms with Crippen LogP contribution in [-0.4, -0.2) is 32.0 Å². The predicted molar refractivity (Wildman–Crippen MR) is 68.1 cm³/mol. The average Bonchev–Trinajstić information content (AvgIpc) is 2.78. The quantitative estimate of drug-likeness (QED) is 0.813. The fourth-order valence-electron chi connectivity index (χ4n) is 1.46. The van der Waals surface area contributed by atoms with Crippen LogP contribution in [-0.2, 0) is 0 Å². The van der Waals surface area contributed by atoms with Crippen molar-refractivity contribution in [2.45, 2.75) is 23.8 Å². The summed E-state index contributed by atoms with van der Waals surface area (Å²) in [5.41, 5.74) is 6.51. The van der Waals surface area contributed by atoms with Crippen LogP contribution in [0.4, 0.5) is 0 Å². The van der Waals surface area contributed by atoms with Crippen LogP contribution in [0.25, 0.3) is 5.69 Å². The zero-order valence-corrected chi connectivity index (χ0v) is 10.5.